The molecule has 1 fully saturated rings. The molecule has 0 bridgehead atoms. The van der Waals surface area contributed by atoms with Gasteiger partial charge in [0.25, 0.3) is 0 Å². The second-order valence-electron chi connectivity index (χ2n) is 7.97. The van der Waals surface area contributed by atoms with Crippen LogP contribution in [0.1, 0.15) is 49.2 Å². The van der Waals surface area contributed by atoms with Gasteiger partial charge in [-0.3, -0.25) is 10.1 Å². The van der Waals surface area contributed by atoms with Gasteiger partial charge in [-0.1, -0.05) is 12.1 Å². The zero-order valence-corrected chi connectivity index (χ0v) is 17.9. The van der Waals surface area contributed by atoms with Crippen molar-refractivity contribution in [1.29, 1.82) is 5.26 Å². The summed E-state index contributed by atoms with van der Waals surface area (Å²) < 4.78 is 2.04. The highest BCUT2D eigenvalue weighted by Crippen LogP contribution is 2.28. The van der Waals surface area contributed by atoms with Gasteiger partial charge < -0.3 is 9.88 Å². The molecule has 0 spiro atoms. The summed E-state index contributed by atoms with van der Waals surface area (Å²) in [5.41, 5.74) is 3.20. The normalized spacial score (nSPS) is 15.5. The number of benzene rings is 1. The average Bonchev–Trinajstić information content (AvgIpc) is 3.15. The standard InChI is InChI=1S/C23H27N7O/c1-3-30-19-7-5-4-6-18(19)27-22(30)17(13-24)21-15(2)14-26-23(29-21)28-20(31)12-16-8-10-25-11-9-16/h4-7,14,16-17,25H,3,8-12H2,1-2H3,(H,26,28,29,31). The van der Waals surface area contributed by atoms with Crippen LogP contribution >= 0.6 is 0 Å². The molecule has 0 radical (unpaired) electrons. The number of piperidine rings is 1. The molecule has 31 heavy (non-hydrogen) atoms. The topological polar surface area (TPSA) is 109 Å². The number of anilines is 1. The molecule has 8 nitrogen and oxygen atoms in total. The van der Waals surface area contributed by atoms with Gasteiger partial charge in [0.15, 0.2) is 0 Å². The number of nitrogens with one attached hydrogen (secondary N) is 2. The van der Waals surface area contributed by atoms with Crippen molar-refractivity contribution in [2.45, 2.75) is 45.6 Å². The Morgan fingerprint density at radius 3 is 2.84 bits per heavy atom. The largest absolute Gasteiger partial charge is 0.327 e. The van der Waals surface area contributed by atoms with E-state index >= 15 is 0 Å². The molecule has 8 heteroatoms. The summed E-state index contributed by atoms with van der Waals surface area (Å²) in [5.74, 6) is 0.521. The zero-order valence-electron chi connectivity index (χ0n) is 17.9. The van der Waals surface area contributed by atoms with Crippen LogP contribution in [-0.2, 0) is 11.3 Å². The van der Waals surface area contributed by atoms with Gasteiger partial charge in [-0.05, 0) is 63.4 Å². The summed E-state index contributed by atoms with van der Waals surface area (Å²) >= 11 is 0. The van der Waals surface area contributed by atoms with Gasteiger partial charge in [-0.2, -0.15) is 5.26 Å². The zero-order chi connectivity index (χ0) is 21.8. The van der Waals surface area contributed by atoms with Crippen LogP contribution in [0.5, 0.6) is 0 Å². The Hall–Kier alpha value is -3.31. The van der Waals surface area contributed by atoms with Gasteiger partial charge in [0, 0.05) is 19.2 Å². The quantitative estimate of drug-likeness (QED) is 0.638. The molecular weight excluding hydrogens is 390 g/mol. The number of aryl methyl sites for hydroxylation is 2. The van der Waals surface area contributed by atoms with Gasteiger partial charge in [0.05, 0.1) is 22.8 Å². The van der Waals surface area contributed by atoms with E-state index in [2.05, 4.69) is 26.7 Å². The summed E-state index contributed by atoms with van der Waals surface area (Å²) in [7, 11) is 0. The Bertz CT molecular complexity index is 1120. The number of nitrogens with zero attached hydrogens (tertiary/aromatic N) is 5. The third-order valence-corrected chi connectivity index (χ3v) is 5.86. The fourth-order valence-corrected chi connectivity index (χ4v) is 4.22. The summed E-state index contributed by atoms with van der Waals surface area (Å²) in [6.45, 7) is 6.50. The van der Waals surface area contributed by atoms with E-state index in [4.69, 9.17) is 4.98 Å². The fraction of sp³-hybridized carbons (Fsp3) is 0.435. The van der Waals surface area contributed by atoms with E-state index in [-0.39, 0.29) is 11.9 Å². The number of aromatic nitrogens is 4. The van der Waals surface area contributed by atoms with Crippen LogP contribution in [-0.4, -0.2) is 38.5 Å². The molecule has 3 aromatic rings. The maximum Gasteiger partial charge on any atom is 0.229 e. The third-order valence-electron chi connectivity index (χ3n) is 5.86. The number of carbonyl (C=O) groups is 1. The molecule has 3 heterocycles. The van der Waals surface area contributed by atoms with Crippen LogP contribution in [0.4, 0.5) is 5.95 Å². The first kappa shape index (κ1) is 20.9. The van der Waals surface area contributed by atoms with Crippen molar-refractivity contribution in [2.75, 3.05) is 18.4 Å². The number of amides is 1. The van der Waals surface area contributed by atoms with Crippen molar-refractivity contribution in [3.05, 3.63) is 47.5 Å². The SMILES string of the molecule is CCn1c(C(C#N)c2nc(NC(=O)CC3CCNCC3)ncc2C)nc2ccccc21. The van der Waals surface area contributed by atoms with E-state index in [1.807, 2.05) is 42.7 Å². The summed E-state index contributed by atoms with van der Waals surface area (Å²) in [6, 6.07) is 10.2. The highest BCUT2D eigenvalue weighted by Gasteiger charge is 2.25. The second-order valence-corrected chi connectivity index (χ2v) is 7.97. The van der Waals surface area contributed by atoms with Crippen LogP contribution in [0, 0.1) is 24.2 Å². The predicted octanol–water partition coefficient (Wildman–Crippen LogP) is 3.14. The first-order valence-electron chi connectivity index (χ1n) is 10.8. The van der Waals surface area contributed by atoms with Crippen molar-refractivity contribution >= 4 is 22.9 Å². The molecule has 160 valence electrons. The summed E-state index contributed by atoms with van der Waals surface area (Å²) in [5, 5.41) is 16.2. The first-order valence-corrected chi connectivity index (χ1v) is 10.8. The number of nitriles is 1. The molecule has 1 saturated heterocycles. The van der Waals surface area contributed by atoms with Gasteiger partial charge in [0.2, 0.25) is 11.9 Å². The smallest absolute Gasteiger partial charge is 0.229 e. The number of para-hydroxylation sites is 2. The van der Waals surface area contributed by atoms with E-state index in [1.165, 1.54) is 0 Å². The number of rotatable bonds is 6. The van der Waals surface area contributed by atoms with Gasteiger partial charge in [0.1, 0.15) is 11.7 Å². The number of imidazole rings is 1. The molecule has 1 unspecified atom stereocenters. The molecule has 1 aromatic carbocycles. The van der Waals surface area contributed by atoms with Crippen molar-refractivity contribution in [1.82, 2.24) is 24.8 Å². The lowest BCUT2D eigenvalue weighted by atomic mass is 9.94. The average molecular weight is 418 g/mol. The van der Waals surface area contributed by atoms with Crippen molar-refractivity contribution in [3.63, 3.8) is 0 Å². The Labute approximate surface area is 181 Å². The number of fused-ring (bicyclic) bond motifs is 1. The molecule has 0 saturated carbocycles. The Morgan fingerprint density at radius 2 is 2.10 bits per heavy atom. The lowest BCUT2D eigenvalue weighted by molar-refractivity contribution is -0.117. The minimum absolute atomic E-state index is 0.0870. The van der Waals surface area contributed by atoms with Crippen LogP contribution < -0.4 is 10.6 Å². The molecule has 1 amide bonds. The van der Waals surface area contributed by atoms with E-state index in [0.717, 1.165) is 42.5 Å². The van der Waals surface area contributed by atoms with Crippen LogP contribution in [0.2, 0.25) is 0 Å². The van der Waals surface area contributed by atoms with Gasteiger partial charge >= 0.3 is 0 Å². The molecule has 0 aliphatic carbocycles. The van der Waals surface area contributed by atoms with E-state index in [0.29, 0.717) is 30.4 Å². The van der Waals surface area contributed by atoms with Crippen LogP contribution in [0.15, 0.2) is 30.5 Å². The Balaban J connectivity index is 1.61. The lowest BCUT2D eigenvalue weighted by Gasteiger charge is -2.21. The molecule has 2 aromatic heterocycles. The summed E-state index contributed by atoms with van der Waals surface area (Å²) in [6.07, 6.45) is 4.11. The monoisotopic (exact) mass is 417 g/mol. The van der Waals surface area contributed by atoms with E-state index in [9.17, 15) is 10.1 Å². The molecule has 4 rings (SSSR count). The molecule has 1 atom stereocenters. The van der Waals surface area contributed by atoms with Gasteiger partial charge in [-0.15, -0.1) is 0 Å². The Morgan fingerprint density at radius 1 is 1.32 bits per heavy atom. The predicted molar refractivity (Wildman–Crippen MR) is 118 cm³/mol. The minimum atomic E-state index is -0.657. The van der Waals surface area contributed by atoms with Crippen LogP contribution in [0.25, 0.3) is 11.0 Å². The molecule has 2 N–H and O–H groups in total. The molecular formula is C23H27N7O. The molecule has 1 aliphatic heterocycles. The van der Waals surface area contributed by atoms with Crippen LogP contribution in [0.3, 0.4) is 0 Å². The second kappa shape index (κ2) is 9.23. The fourth-order valence-electron chi connectivity index (χ4n) is 4.22. The van der Waals surface area contributed by atoms with Crippen molar-refractivity contribution < 1.29 is 4.79 Å². The van der Waals surface area contributed by atoms with Crippen molar-refractivity contribution in [3.8, 4) is 6.07 Å². The van der Waals surface area contributed by atoms with Gasteiger partial charge in [-0.25, -0.2) is 15.0 Å². The van der Waals surface area contributed by atoms with E-state index < -0.39 is 5.92 Å². The maximum absolute atomic E-state index is 12.5. The Kier molecular flexibility index (Phi) is 6.23. The van der Waals surface area contributed by atoms with Crippen molar-refractivity contribution in [2.24, 2.45) is 5.92 Å². The summed E-state index contributed by atoms with van der Waals surface area (Å²) in [4.78, 5) is 26.1. The highest BCUT2D eigenvalue weighted by molar-refractivity contribution is 5.89. The maximum atomic E-state index is 12.5. The minimum Gasteiger partial charge on any atom is -0.327 e. The van der Waals surface area contributed by atoms with E-state index in [1.54, 1.807) is 6.20 Å². The third kappa shape index (κ3) is 4.42. The highest BCUT2D eigenvalue weighted by atomic mass is 16.1. The number of hydrogen-bond acceptors (Lipinski definition) is 6. The number of carbonyl (C=O) groups excluding carboxylic acids is 1. The first-order chi connectivity index (χ1) is 15.1. The molecule has 1 aliphatic rings. The lowest BCUT2D eigenvalue weighted by Crippen LogP contribution is -2.30. The number of hydrogen-bond donors (Lipinski definition) is 2.